The zero-order valence-corrected chi connectivity index (χ0v) is 8.26. The minimum absolute atomic E-state index is 0.125. The van der Waals surface area contributed by atoms with E-state index >= 15 is 0 Å². The van der Waals surface area contributed by atoms with E-state index in [-0.39, 0.29) is 13.0 Å². The Labute approximate surface area is 82.1 Å². The molecule has 6 heteroatoms. The van der Waals surface area contributed by atoms with E-state index in [1.807, 2.05) is 6.92 Å². The van der Waals surface area contributed by atoms with Crippen LogP contribution in [0.2, 0.25) is 0 Å². The number of alkyl halides is 2. The van der Waals surface area contributed by atoms with Crippen LogP contribution >= 0.6 is 0 Å². The van der Waals surface area contributed by atoms with Gasteiger partial charge in [0.2, 0.25) is 5.96 Å². The molecule has 0 aromatic rings. The lowest BCUT2D eigenvalue weighted by Gasteiger charge is -2.19. The molecule has 0 amide bonds. The predicted molar refractivity (Wildman–Crippen MR) is 51.1 cm³/mol. The second kappa shape index (κ2) is 4.54. The molecule has 14 heavy (non-hydrogen) atoms. The Morgan fingerprint density at radius 3 is 2.79 bits per heavy atom. The number of halogens is 2. The van der Waals surface area contributed by atoms with Crippen molar-refractivity contribution in [3.05, 3.63) is 0 Å². The van der Waals surface area contributed by atoms with Crippen LogP contribution in [-0.2, 0) is 0 Å². The van der Waals surface area contributed by atoms with Crippen molar-refractivity contribution < 1.29 is 8.78 Å². The van der Waals surface area contributed by atoms with Gasteiger partial charge in [-0.05, 0) is 6.42 Å². The molecular weight excluding hydrogens is 190 g/mol. The Hall–Kier alpha value is -0.910. The van der Waals surface area contributed by atoms with E-state index in [1.54, 1.807) is 0 Å². The topological polar surface area (TPSA) is 53.6 Å². The van der Waals surface area contributed by atoms with Crippen molar-refractivity contribution in [2.24, 2.45) is 10.8 Å². The number of hydrogen-bond acceptors (Lipinski definition) is 2. The fourth-order valence-corrected chi connectivity index (χ4v) is 1.37. The van der Waals surface area contributed by atoms with Crippen LogP contribution in [0.15, 0.2) is 4.99 Å². The number of guanidine groups is 1. The van der Waals surface area contributed by atoms with Gasteiger partial charge in [0.05, 0.1) is 6.54 Å². The second-order valence-electron chi connectivity index (χ2n) is 3.38. The van der Waals surface area contributed by atoms with Crippen LogP contribution in [0.3, 0.4) is 0 Å². The van der Waals surface area contributed by atoms with E-state index in [4.69, 9.17) is 5.84 Å². The van der Waals surface area contributed by atoms with E-state index in [1.165, 1.54) is 4.90 Å². The van der Waals surface area contributed by atoms with Crippen LogP contribution in [0.1, 0.15) is 19.8 Å². The maximum Gasteiger partial charge on any atom is 0.267 e. The van der Waals surface area contributed by atoms with Crippen molar-refractivity contribution in [3.63, 3.8) is 0 Å². The Kier molecular flexibility index (Phi) is 3.62. The molecule has 0 saturated carbocycles. The molecule has 0 spiro atoms. The highest BCUT2D eigenvalue weighted by molar-refractivity contribution is 5.79. The second-order valence-corrected chi connectivity index (χ2v) is 3.38. The lowest BCUT2D eigenvalue weighted by Crippen LogP contribution is -2.44. The number of rotatable bonds is 2. The SMILES string of the molecule is CCCN=C(NN)N1CCC(F)(F)C1. The number of nitrogens with zero attached hydrogens (tertiary/aromatic N) is 2. The van der Waals surface area contributed by atoms with Gasteiger partial charge in [-0.15, -0.1) is 0 Å². The van der Waals surface area contributed by atoms with Gasteiger partial charge in [-0.2, -0.15) is 0 Å². The van der Waals surface area contributed by atoms with Gasteiger partial charge in [-0.25, -0.2) is 14.6 Å². The Morgan fingerprint density at radius 1 is 1.64 bits per heavy atom. The average molecular weight is 206 g/mol. The van der Waals surface area contributed by atoms with Crippen molar-refractivity contribution in [1.29, 1.82) is 0 Å². The monoisotopic (exact) mass is 206 g/mol. The van der Waals surface area contributed by atoms with E-state index in [9.17, 15) is 8.78 Å². The summed E-state index contributed by atoms with van der Waals surface area (Å²) < 4.78 is 25.7. The molecule has 1 aliphatic heterocycles. The zero-order chi connectivity index (χ0) is 10.6. The summed E-state index contributed by atoms with van der Waals surface area (Å²) >= 11 is 0. The lowest BCUT2D eigenvalue weighted by molar-refractivity contribution is 0.0173. The van der Waals surface area contributed by atoms with Gasteiger partial charge in [0.15, 0.2) is 0 Å². The third-order valence-electron chi connectivity index (χ3n) is 2.08. The molecule has 0 aromatic heterocycles. The fourth-order valence-electron chi connectivity index (χ4n) is 1.37. The number of likely N-dealkylation sites (tertiary alicyclic amines) is 1. The van der Waals surface area contributed by atoms with E-state index in [0.717, 1.165) is 6.42 Å². The summed E-state index contributed by atoms with van der Waals surface area (Å²) in [6.45, 7) is 2.58. The van der Waals surface area contributed by atoms with Crippen LogP contribution in [0.5, 0.6) is 0 Å². The lowest BCUT2D eigenvalue weighted by atomic mass is 10.3. The van der Waals surface area contributed by atoms with Crippen LogP contribution in [0.25, 0.3) is 0 Å². The van der Waals surface area contributed by atoms with E-state index < -0.39 is 5.92 Å². The molecule has 82 valence electrons. The molecule has 0 bridgehead atoms. The molecule has 1 heterocycles. The highest BCUT2D eigenvalue weighted by Crippen LogP contribution is 2.26. The van der Waals surface area contributed by atoms with Gasteiger partial charge in [0.25, 0.3) is 5.92 Å². The van der Waals surface area contributed by atoms with Gasteiger partial charge in [0, 0.05) is 19.5 Å². The molecule has 1 fully saturated rings. The minimum atomic E-state index is -2.61. The van der Waals surface area contributed by atoms with Crippen LogP contribution < -0.4 is 11.3 Å². The summed E-state index contributed by atoms with van der Waals surface area (Å²) in [6.07, 6.45) is 0.745. The molecule has 1 saturated heterocycles. The molecule has 0 atom stereocenters. The molecule has 0 radical (unpaired) electrons. The quantitative estimate of drug-likeness (QED) is 0.300. The van der Waals surface area contributed by atoms with Gasteiger partial charge in [-0.1, -0.05) is 6.92 Å². The van der Waals surface area contributed by atoms with E-state index in [2.05, 4.69) is 10.4 Å². The Balaban J connectivity index is 2.55. The predicted octanol–water partition coefficient (Wildman–Crippen LogP) is 0.557. The van der Waals surface area contributed by atoms with Gasteiger partial charge in [-0.3, -0.25) is 10.4 Å². The summed E-state index contributed by atoms with van der Waals surface area (Å²) in [4.78, 5) is 5.56. The normalized spacial score (nSPS) is 21.4. The van der Waals surface area contributed by atoms with Crippen molar-refractivity contribution >= 4 is 5.96 Å². The summed E-state index contributed by atoms with van der Waals surface area (Å²) in [5.41, 5.74) is 2.36. The molecular formula is C8H16F2N4. The number of nitrogens with one attached hydrogen (secondary N) is 1. The first-order valence-electron chi connectivity index (χ1n) is 4.73. The molecule has 4 nitrogen and oxygen atoms in total. The smallest absolute Gasteiger partial charge is 0.267 e. The standard InChI is InChI=1S/C8H16F2N4/c1-2-4-12-7(13-11)14-5-3-8(9,10)6-14/h2-6,11H2,1H3,(H,12,13). The van der Waals surface area contributed by atoms with Crippen molar-refractivity contribution in [2.45, 2.75) is 25.7 Å². The van der Waals surface area contributed by atoms with Gasteiger partial charge < -0.3 is 4.90 Å². The first kappa shape index (κ1) is 11.2. The molecule has 0 aliphatic carbocycles. The number of aliphatic imine (C=N–C) groups is 1. The number of hydrazine groups is 1. The largest absolute Gasteiger partial charge is 0.336 e. The number of hydrogen-bond donors (Lipinski definition) is 2. The third kappa shape index (κ3) is 2.80. The molecule has 3 N–H and O–H groups in total. The highest BCUT2D eigenvalue weighted by atomic mass is 19.3. The van der Waals surface area contributed by atoms with Crippen LogP contribution in [0, 0.1) is 0 Å². The third-order valence-corrected chi connectivity index (χ3v) is 2.08. The maximum atomic E-state index is 12.8. The first-order valence-corrected chi connectivity index (χ1v) is 4.73. The van der Waals surface area contributed by atoms with Crippen LogP contribution in [0.4, 0.5) is 8.78 Å². The summed E-state index contributed by atoms with van der Waals surface area (Å²) in [6, 6.07) is 0. The van der Waals surface area contributed by atoms with Crippen molar-refractivity contribution in [2.75, 3.05) is 19.6 Å². The van der Waals surface area contributed by atoms with Crippen molar-refractivity contribution in [1.82, 2.24) is 10.3 Å². The molecule has 0 aromatic carbocycles. The summed E-state index contributed by atoms with van der Waals surface area (Å²) in [5.74, 6) is 2.97. The number of nitrogens with two attached hydrogens (primary N) is 1. The minimum Gasteiger partial charge on any atom is -0.336 e. The fraction of sp³-hybridized carbons (Fsp3) is 0.875. The highest BCUT2D eigenvalue weighted by Gasteiger charge is 2.39. The molecule has 1 aliphatic rings. The maximum absolute atomic E-state index is 12.8. The Morgan fingerprint density at radius 2 is 2.36 bits per heavy atom. The van der Waals surface area contributed by atoms with Gasteiger partial charge >= 0.3 is 0 Å². The summed E-state index contributed by atoms with van der Waals surface area (Å²) in [5, 5.41) is 0. The summed E-state index contributed by atoms with van der Waals surface area (Å²) in [7, 11) is 0. The average Bonchev–Trinajstić information content (AvgIpc) is 2.48. The molecule has 1 rings (SSSR count). The van der Waals surface area contributed by atoms with Crippen LogP contribution in [-0.4, -0.2) is 36.4 Å². The molecule has 0 unspecified atom stereocenters. The first-order chi connectivity index (χ1) is 6.59. The van der Waals surface area contributed by atoms with E-state index in [0.29, 0.717) is 19.0 Å². The Bertz CT molecular complexity index is 217. The zero-order valence-electron chi connectivity index (χ0n) is 8.26. The van der Waals surface area contributed by atoms with Gasteiger partial charge in [0.1, 0.15) is 0 Å². The van der Waals surface area contributed by atoms with Crippen molar-refractivity contribution in [3.8, 4) is 0 Å².